The van der Waals surface area contributed by atoms with E-state index in [1.54, 1.807) is 0 Å². The maximum atomic E-state index is 10.7. The first-order valence-electron chi connectivity index (χ1n) is 11.0. The number of unbranched alkanes of at least 4 members (excludes halogenated alkanes) is 1. The summed E-state index contributed by atoms with van der Waals surface area (Å²) in [4.78, 5) is 10.7. The van der Waals surface area contributed by atoms with Crippen molar-refractivity contribution < 1.29 is 19.7 Å². The van der Waals surface area contributed by atoms with Crippen LogP contribution in [0.5, 0.6) is 0 Å². The van der Waals surface area contributed by atoms with Crippen molar-refractivity contribution in [3.05, 3.63) is 12.2 Å². The van der Waals surface area contributed by atoms with E-state index in [1.165, 1.54) is 0 Å². The maximum Gasteiger partial charge on any atom is 0.303 e. The lowest BCUT2D eigenvalue weighted by molar-refractivity contribution is -0.137. The molecule has 0 amide bonds. The summed E-state index contributed by atoms with van der Waals surface area (Å²) in [5.74, 6) is 0.860. The van der Waals surface area contributed by atoms with Crippen LogP contribution in [0.3, 0.4) is 0 Å². The van der Waals surface area contributed by atoms with Crippen LogP contribution < -0.4 is 0 Å². The van der Waals surface area contributed by atoms with Gasteiger partial charge in [-0.3, -0.25) is 4.79 Å². The Balaban J connectivity index is 1.91. The van der Waals surface area contributed by atoms with E-state index < -0.39 is 12.1 Å². The summed E-state index contributed by atoms with van der Waals surface area (Å²) < 4.78 is 6.76. The summed E-state index contributed by atoms with van der Waals surface area (Å²) in [6, 6.07) is 0. The second-order valence-electron chi connectivity index (χ2n) is 9.63. The number of aliphatic carboxylic acids is 1. The predicted octanol–water partition coefficient (Wildman–Crippen LogP) is 5.61. The number of carboxylic acids is 1. The number of aliphatic hydroxyl groups excluding tert-OH is 1. The molecule has 0 aromatic rings. The second-order valence-corrected chi connectivity index (χ2v) is 11.2. The average molecular weight is 506 g/mol. The quantitative estimate of drug-likeness (QED) is 0.217. The minimum Gasteiger partial charge on any atom is -0.481 e. The van der Waals surface area contributed by atoms with Crippen molar-refractivity contribution in [2.45, 2.75) is 101 Å². The Kier molecular flexibility index (Phi) is 9.27. The van der Waals surface area contributed by atoms with Crippen LogP contribution >= 0.6 is 22.6 Å². The number of halogens is 1. The number of fused-ring (bicyclic) bond motifs is 1. The molecule has 162 valence electrons. The molecular weight excluding hydrogens is 467 g/mol. The monoisotopic (exact) mass is 506 g/mol. The molecule has 5 heteroatoms. The van der Waals surface area contributed by atoms with Gasteiger partial charge in [0.1, 0.15) is 0 Å². The van der Waals surface area contributed by atoms with Gasteiger partial charge in [-0.25, -0.2) is 0 Å². The molecule has 4 nitrogen and oxygen atoms in total. The molecule has 1 saturated carbocycles. The molecular formula is C23H39IO4. The van der Waals surface area contributed by atoms with Gasteiger partial charge in [-0.2, -0.15) is 0 Å². The fourth-order valence-electron chi connectivity index (χ4n) is 4.86. The molecule has 7 atom stereocenters. The summed E-state index contributed by atoms with van der Waals surface area (Å²) in [6.45, 7) is 8.81. The van der Waals surface area contributed by atoms with E-state index >= 15 is 0 Å². The fraction of sp³-hybridized carbons (Fsp3) is 0.870. The molecule has 5 unspecified atom stereocenters. The van der Waals surface area contributed by atoms with E-state index in [1.807, 2.05) is 6.08 Å². The zero-order chi connectivity index (χ0) is 20.9. The van der Waals surface area contributed by atoms with Gasteiger partial charge < -0.3 is 14.9 Å². The highest BCUT2D eigenvalue weighted by atomic mass is 127. The molecule has 0 aromatic carbocycles. The number of rotatable bonds is 11. The molecule has 2 N–H and O–H groups in total. The Labute approximate surface area is 184 Å². The van der Waals surface area contributed by atoms with E-state index in [0.29, 0.717) is 27.8 Å². The Bertz CT molecular complexity index is 533. The normalized spacial score (nSPS) is 32.6. The van der Waals surface area contributed by atoms with Gasteiger partial charge in [-0.05, 0) is 55.3 Å². The molecule has 2 rings (SSSR count). The molecule has 0 aromatic heterocycles. The molecule has 1 aliphatic carbocycles. The van der Waals surface area contributed by atoms with Crippen LogP contribution in [0.2, 0.25) is 0 Å². The first-order valence-corrected chi connectivity index (χ1v) is 12.3. The largest absolute Gasteiger partial charge is 0.481 e. The number of carbonyl (C=O) groups is 1. The van der Waals surface area contributed by atoms with E-state index in [2.05, 4.69) is 56.4 Å². The molecule has 28 heavy (non-hydrogen) atoms. The summed E-state index contributed by atoms with van der Waals surface area (Å²) in [5, 5.41) is 19.5. The van der Waals surface area contributed by atoms with E-state index in [0.717, 1.165) is 44.9 Å². The zero-order valence-corrected chi connectivity index (χ0v) is 20.1. The highest BCUT2D eigenvalue weighted by molar-refractivity contribution is 14.1. The topological polar surface area (TPSA) is 66.8 Å². The fourth-order valence-corrected chi connectivity index (χ4v) is 5.76. The van der Waals surface area contributed by atoms with Gasteiger partial charge in [0.15, 0.2) is 0 Å². The van der Waals surface area contributed by atoms with Gasteiger partial charge in [-0.15, -0.1) is 0 Å². The predicted molar refractivity (Wildman–Crippen MR) is 122 cm³/mol. The maximum absolute atomic E-state index is 10.7. The summed E-state index contributed by atoms with van der Waals surface area (Å²) in [5.41, 5.74) is -0.0834. The number of allylic oxidation sites excluding steroid dienone is 1. The lowest BCUT2D eigenvalue weighted by atomic mass is 9.80. The number of hydrogen-bond acceptors (Lipinski definition) is 3. The van der Waals surface area contributed by atoms with Crippen LogP contribution in [0, 0.1) is 23.2 Å². The van der Waals surface area contributed by atoms with Crippen LogP contribution in [0.25, 0.3) is 0 Å². The SMILES string of the molecule is CCCCC(C)(C)C(O)/C=C/[C@H]1C(C)CC2OC(C(I)CCCC(=O)O)C[C@@H]21. The molecule has 1 aliphatic heterocycles. The van der Waals surface area contributed by atoms with Crippen molar-refractivity contribution in [1.82, 2.24) is 0 Å². The van der Waals surface area contributed by atoms with Crippen LogP contribution in [-0.4, -0.2) is 38.4 Å². The van der Waals surface area contributed by atoms with Crippen LogP contribution in [-0.2, 0) is 9.53 Å². The van der Waals surface area contributed by atoms with Crippen molar-refractivity contribution in [1.29, 1.82) is 0 Å². The molecule has 2 fully saturated rings. The Morgan fingerprint density at radius 2 is 2.04 bits per heavy atom. The van der Waals surface area contributed by atoms with Crippen molar-refractivity contribution in [2.75, 3.05) is 0 Å². The van der Waals surface area contributed by atoms with E-state index in [4.69, 9.17) is 9.84 Å². The standard InChI is InChI=1S/C23H39IO4/c1-5-6-12-23(3,4)21(25)11-10-16-15(2)13-19-17(16)14-20(28-19)18(24)8-7-9-22(26)27/h10-11,15-21,25H,5-9,12-14H2,1-4H3,(H,26,27)/b11-10+/t15?,16-,17+,18?,19?,20?,21?/m0/s1. The van der Waals surface area contributed by atoms with E-state index in [9.17, 15) is 9.90 Å². The van der Waals surface area contributed by atoms with Crippen molar-refractivity contribution in [3.8, 4) is 0 Å². The molecule has 1 saturated heterocycles. The lowest BCUT2D eigenvalue weighted by Gasteiger charge is -2.29. The van der Waals surface area contributed by atoms with E-state index in [-0.39, 0.29) is 17.9 Å². The highest BCUT2D eigenvalue weighted by Crippen LogP contribution is 2.48. The Morgan fingerprint density at radius 3 is 2.68 bits per heavy atom. The number of hydrogen-bond donors (Lipinski definition) is 2. The smallest absolute Gasteiger partial charge is 0.303 e. The lowest BCUT2D eigenvalue weighted by Crippen LogP contribution is -2.28. The zero-order valence-electron chi connectivity index (χ0n) is 17.9. The number of ether oxygens (including phenoxy) is 1. The second kappa shape index (κ2) is 10.8. The third kappa shape index (κ3) is 6.43. The van der Waals surface area contributed by atoms with Gasteiger partial charge >= 0.3 is 5.97 Å². The molecule has 0 bridgehead atoms. The van der Waals surface area contributed by atoms with Crippen molar-refractivity contribution in [2.24, 2.45) is 23.2 Å². The summed E-state index contributed by atoms with van der Waals surface area (Å²) in [7, 11) is 0. The molecule has 0 radical (unpaired) electrons. The number of carboxylic acid groups (broad SMARTS) is 1. The van der Waals surface area contributed by atoms with Crippen molar-refractivity contribution in [3.63, 3.8) is 0 Å². The minimum absolute atomic E-state index is 0.0834. The van der Waals surface area contributed by atoms with Gasteiger partial charge in [0.25, 0.3) is 0 Å². The summed E-state index contributed by atoms with van der Waals surface area (Å²) >= 11 is 2.44. The highest BCUT2D eigenvalue weighted by Gasteiger charge is 2.48. The third-order valence-electron chi connectivity index (χ3n) is 6.85. The van der Waals surface area contributed by atoms with Crippen LogP contribution in [0.1, 0.15) is 79.1 Å². The van der Waals surface area contributed by atoms with Gasteiger partial charge in [0.05, 0.1) is 18.3 Å². The molecule has 1 heterocycles. The average Bonchev–Trinajstić information content (AvgIpc) is 3.14. The third-order valence-corrected chi connectivity index (χ3v) is 8.28. The molecule has 0 spiro atoms. The van der Waals surface area contributed by atoms with Gasteiger partial charge in [0.2, 0.25) is 0 Å². The van der Waals surface area contributed by atoms with Crippen molar-refractivity contribution >= 4 is 28.6 Å². The Hall–Kier alpha value is -0.140. The molecule has 2 aliphatic rings. The first kappa shape index (κ1) is 24.1. The van der Waals surface area contributed by atoms with Gasteiger partial charge in [0, 0.05) is 10.3 Å². The minimum atomic E-state index is -0.716. The van der Waals surface area contributed by atoms with Gasteiger partial charge in [-0.1, -0.05) is 75.3 Å². The first-order chi connectivity index (χ1) is 13.2. The summed E-state index contributed by atoms with van der Waals surface area (Å²) in [6.07, 6.45) is 11.8. The van der Waals surface area contributed by atoms with Crippen LogP contribution in [0.4, 0.5) is 0 Å². The number of alkyl halides is 1. The van der Waals surface area contributed by atoms with Crippen LogP contribution in [0.15, 0.2) is 12.2 Å². The Morgan fingerprint density at radius 1 is 1.32 bits per heavy atom. The number of aliphatic hydroxyl groups is 1.